The Labute approximate surface area is 200 Å². The van der Waals surface area contributed by atoms with Gasteiger partial charge in [-0.05, 0) is 35.7 Å². The molecule has 0 aliphatic carbocycles. The molecule has 0 amide bonds. The third-order valence-electron chi connectivity index (χ3n) is 3.96. The van der Waals surface area contributed by atoms with Crippen LogP contribution in [0.3, 0.4) is 0 Å². The van der Waals surface area contributed by atoms with E-state index in [4.69, 9.17) is 23.2 Å². The van der Waals surface area contributed by atoms with Crippen molar-refractivity contribution in [3.05, 3.63) is 69.2 Å². The van der Waals surface area contributed by atoms with Gasteiger partial charge in [0.25, 0.3) is 0 Å². The molecule has 0 bridgehead atoms. The Balaban J connectivity index is 0.00000420. The van der Waals surface area contributed by atoms with Crippen LogP contribution in [0, 0.1) is 0 Å². The number of guanidine groups is 1. The van der Waals surface area contributed by atoms with Crippen molar-refractivity contribution >= 4 is 63.0 Å². The molecular formula is C20H26Cl2IN3O2S. The van der Waals surface area contributed by atoms with Gasteiger partial charge < -0.3 is 10.2 Å². The van der Waals surface area contributed by atoms with Crippen molar-refractivity contribution in [1.82, 2.24) is 10.2 Å². The van der Waals surface area contributed by atoms with Crippen molar-refractivity contribution < 1.29 is 8.42 Å². The maximum Gasteiger partial charge on any atom is 0.194 e. The van der Waals surface area contributed by atoms with E-state index in [1.165, 1.54) is 6.26 Å². The van der Waals surface area contributed by atoms with Crippen LogP contribution in [0.25, 0.3) is 0 Å². The van der Waals surface area contributed by atoms with Gasteiger partial charge in [-0.3, -0.25) is 0 Å². The first-order valence-electron chi connectivity index (χ1n) is 8.87. The van der Waals surface area contributed by atoms with Gasteiger partial charge >= 0.3 is 0 Å². The molecule has 0 heterocycles. The van der Waals surface area contributed by atoms with Crippen molar-refractivity contribution in [3.8, 4) is 0 Å². The molecule has 0 atom stereocenters. The molecule has 0 aromatic heterocycles. The van der Waals surface area contributed by atoms with Crippen molar-refractivity contribution in [2.45, 2.75) is 25.8 Å². The Kier molecular flexibility index (Phi) is 10.7. The maximum atomic E-state index is 11.4. The van der Waals surface area contributed by atoms with Gasteiger partial charge in [-0.1, -0.05) is 53.5 Å². The van der Waals surface area contributed by atoms with E-state index in [0.717, 1.165) is 29.2 Å². The van der Waals surface area contributed by atoms with Crippen LogP contribution in [0.1, 0.15) is 23.6 Å². The van der Waals surface area contributed by atoms with E-state index in [0.29, 0.717) is 23.1 Å². The van der Waals surface area contributed by atoms with E-state index in [9.17, 15) is 8.42 Å². The molecule has 0 unspecified atom stereocenters. The van der Waals surface area contributed by atoms with Crippen LogP contribution >= 0.6 is 47.2 Å². The first-order chi connectivity index (χ1) is 13.2. The second-order valence-electron chi connectivity index (χ2n) is 6.66. The van der Waals surface area contributed by atoms with Gasteiger partial charge in [-0.25, -0.2) is 13.4 Å². The summed E-state index contributed by atoms with van der Waals surface area (Å²) in [6.45, 7) is 3.89. The van der Waals surface area contributed by atoms with Crippen LogP contribution in [0.5, 0.6) is 0 Å². The molecule has 0 aliphatic heterocycles. The minimum Gasteiger partial charge on any atom is -0.357 e. The Hall–Kier alpha value is -1.03. The van der Waals surface area contributed by atoms with E-state index in [1.54, 1.807) is 6.07 Å². The summed E-state index contributed by atoms with van der Waals surface area (Å²) >= 11 is 12.1. The van der Waals surface area contributed by atoms with Gasteiger partial charge in [0.2, 0.25) is 0 Å². The molecule has 160 valence electrons. The highest BCUT2D eigenvalue weighted by Crippen LogP contribution is 2.23. The summed E-state index contributed by atoms with van der Waals surface area (Å²) in [6.07, 6.45) is 1.23. The average molecular weight is 570 g/mol. The molecule has 1 N–H and O–H groups in total. The predicted octanol–water partition coefficient (Wildman–Crippen LogP) is 4.75. The van der Waals surface area contributed by atoms with E-state index in [2.05, 4.69) is 10.3 Å². The van der Waals surface area contributed by atoms with Gasteiger partial charge in [-0.2, -0.15) is 0 Å². The fourth-order valence-corrected chi connectivity index (χ4v) is 3.78. The lowest BCUT2D eigenvalue weighted by Gasteiger charge is -2.22. The van der Waals surface area contributed by atoms with Crippen molar-refractivity contribution in [1.29, 1.82) is 0 Å². The monoisotopic (exact) mass is 569 g/mol. The highest BCUT2D eigenvalue weighted by Gasteiger charge is 2.09. The minimum absolute atomic E-state index is 0. The van der Waals surface area contributed by atoms with E-state index < -0.39 is 9.84 Å². The predicted molar refractivity (Wildman–Crippen MR) is 133 cm³/mol. The molecule has 0 fully saturated rings. The molecular weight excluding hydrogens is 544 g/mol. The second kappa shape index (κ2) is 12.0. The summed E-state index contributed by atoms with van der Waals surface area (Å²) < 4.78 is 22.8. The van der Waals surface area contributed by atoms with Gasteiger partial charge in [0.05, 0.1) is 22.3 Å². The van der Waals surface area contributed by atoms with Crippen LogP contribution in [-0.2, 0) is 28.7 Å². The lowest BCUT2D eigenvalue weighted by Crippen LogP contribution is -2.38. The van der Waals surface area contributed by atoms with Gasteiger partial charge in [0.1, 0.15) is 0 Å². The van der Waals surface area contributed by atoms with E-state index in [-0.39, 0.29) is 29.7 Å². The number of sulfone groups is 1. The number of hydrogen-bond donors (Lipinski definition) is 1. The molecule has 5 nitrogen and oxygen atoms in total. The van der Waals surface area contributed by atoms with Crippen molar-refractivity contribution in [2.24, 2.45) is 4.99 Å². The fourth-order valence-electron chi connectivity index (χ4n) is 2.67. The lowest BCUT2D eigenvalue weighted by molar-refractivity contribution is 0.477. The normalized spacial score (nSPS) is 11.7. The third-order valence-corrected chi connectivity index (χ3v) is 5.56. The molecule has 0 spiro atoms. The van der Waals surface area contributed by atoms with Crippen molar-refractivity contribution in [3.63, 3.8) is 0 Å². The van der Waals surface area contributed by atoms with Gasteiger partial charge in [0, 0.05) is 26.4 Å². The third kappa shape index (κ3) is 9.11. The zero-order valence-corrected chi connectivity index (χ0v) is 21.3. The first-order valence-corrected chi connectivity index (χ1v) is 11.7. The summed E-state index contributed by atoms with van der Waals surface area (Å²) in [6, 6.07) is 13.1. The molecule has 29 heavy (non-hydrogen) atoms. The Bertz CT molecular complexity index is 935. The van der Waals surface area contributed by atoms with Gasteiger partial charge in [0.15, 0.2) is 15.8 Å². The number of rotatable bonds is 7. The minimum atomic E-state index is -3.03. The summed E-state index contributed by atoms with van der Waals surface area (Å²) in [5.74, 6) is 0.819. The zero-order valence-electron chi connectivity index (χ0n) is 16.7. The molecule has 2 aromatic carbocycles. The van der Waals surface area contributed by atoms with Crippen LogP contribution < -0.4 is 5.32 Å². The Morgan fingerprint density at radius 2 is 1.62 bits per heavy atom. The van der Waals surface area contributed by atoms with E-state index >= 15 is 0 Å². The molecule has 2 rings (SSSR count). The number of hydrogen-bond acceptors (Lipinski definition) is 3. The maximum absolute atomic E-state index is 11.4. The van der Waals surface area contributed by atoms with Crippen LogP contribution in [-0.4, -0.2) is 39.1 Å². The highest BCUT2D eigenvalue weighted by molar-refractivity contribution is 14.0. The zero-order chi connectivity index (χ0) is 20.7. The van der Waals surface area contributed by atoms with Crippen LogP contribution in [0.4, 0.5) is 0 Å². The number of nitrogens with one attached hydrogen (secondary N) is 1. The Morgan fingerprint density at radius 1 is 1.03 bits per heavy atom. The number of aliphatic imine (C=N–C) groups is 1. The molecule has 0 saturated carbocycles. The van der Waals surface area contributed by atoms with Crippen LogP contribution in [0.2, 0.25) is 10.0 Å². The molecule has 0 radical (unpaired) electrons. The lowest BCUT2D eigenvalue weighted by atomic mass is 10.1. The number of nitrogens with zero attached hydrogens (tertiary/aromatic N) is 2. The summed E-state index contributed by atoms with van der Waals surface area (Å²) in [4.78, 5) is 6.69. The topological polar surface area (TPSA) is 61.8 Å². The summed E-state index contributed by atoms with van der Waals surface area (Å²) in [5, 5.41) is 4.35. The first kappa shape index (κ1) is 26.0. The molecule has 9 heteroatoms. The summed E-state index contributed by atoms with van der Waals surface area (Å²) in [5.41, 5.74) is 2.82. The SMILES string of the molecule is CCNC(=NCc1ccc(CS(C)(=O)=O)cc1)N(C)Cc1ccc(Cl)c(Cl)c1.I. The number of halogens is 3. The summed E-state index contributed by atoms with van der Waals surface area (Å²) in [7, 11) is -1.07. The van der Waals surface area contributed by atoms with Crippen LogP contribution in [0.15, 0.2) is 47.5 Å². The molecule has 0 saturated heterocycles. The second-order valence-corrected chi connectivity index (χ2v) is 9.62. The highest BCUT2D eigenvalue weighted by atomic mass is 127. The molecule has 2 aromatic rings. The molecule has 0 aliphatic rings. The average Bonchev–Trinajstić information content (AvgIpc) is 2.61. The Morgan fingerprint density at radius 3 is 2.17 bits per heavy atom. The largest absolute Gasteiger partial charge is 0.357 e. The smallest absolute Gasteiger partial charge is 0.194 e. The standard InChI is InChI=1S/C20H25Cl2N3O2S.HI/c1-4-23-20(25(2)13-17-9-10-18(21)19(22)11-17)24-12-15-5-7-16(8-6-15)14-28(3,26)27;/h5-11H,4,12-14H2,1-3H3,(H,23,24);1H. The van der Waals surface area contributed by atoms with Crippen molar-refractivity contribution in [2.75, 3.05) is 19.8 Å². The fraction of sp³-hybridized carbons (Fsp3) is 0.350. The quantitative estimate of drug-likeness (QED) is 0.297. The van der Waals surface area contributed by atoms with Gasteiger partial charge in [-0.15, -0.1) is 24.0 Å². The van der Waals surface area contributed by atoms with E-state index in [1.807, 2.05) is 55.3 Å². The number of benzene rings is 2.